The molecule has 3 heterocycles. The number of benzene rings is 2. The standard InChI is InChI=1S/C36H45N5O2/c1-2-41-34(21-33(38-41)28-15-13-26(22-37)14-16-28)29-17-19-39(20-18-29)23-31-24-40(25-32(31)27-9-5-3-6-10-27)35(36(42)43)30-11-7-4-8-12-30/h3,5-6,9-10,13-16,21,29-32,35H,2,4,7-8,11-12,17-20,23-25H2,1H3,(H,42,43)/t31-,32?,35+/m0/s1. The van der Waals surface area contributed by atoms with Crippen molar-refractivity contribution in [2.45, 2.75) is 76.3 Å². The maximum atomic E-state index is 12.6. The van der Waals surface area contributed by atoms with Gasteiger partial charge in [0.15, 0.2) is 0 Å². The lowest BCUT2D eigenvalue weighted by Crippen LogP contribution is -2.46. The number of carboxylic acid groups (broad SMARTS) is 1. The molecule has 2 saturated heterocycles. The molecule has 7 heteroatoms. The molecule has 3 aromatic rings. The van der Waals surface area contributed by atoms with E-state index in [9.17, 15) is 9.90 Å². The SMILES string of the molecule is CCn1nc(-c2ccc(C#N)cc2)cc1C1CCN(C[C@H]2CN([C@@H](C(=O)O)C3CCCCC3)CC2c2ccccc2)CC1. The van der Waals surface area contributed by atoms with Crippen molar-refractivity contribution >= 4 is 5.97 Å². The Morgan fingerprint density at radius 2 is 1.72 bits per heavy atom. The van der Waals surface area contributed by atoms with Crippen molar-refractivity contribution in [1.82, 2.24) is 19.6 Å². The number of hydrogen-bond donors (Lipinski definition) is 1. The lowest BCUT2D eigenvalue weighted by atomic mass is 9.83. The van der Waals surface area contributed by atoms with Crippen molar-refractivity contribution in [1.29, 1.82) is 5.26 Å². The summed E-state index contributed by atoms with van der Waals surface area (Å²) in [6.45, 7) is 7.82. The van der Waals surface area contributed by atoms with Gasteiger partial charge in [-0.1, -0.05) is 61.7 Å². The molecule has 1 aliphatic carbocycles. The van der Waals surface area contributed by atoms with E-state index in [-0.39, 0.29) is 12.0 Å². The Morgan fingerprint density at radius 3 is 2.37 bits per heavy atom. The van der Waals surface area contributed by atoms with E-state index < -0.39 is 5.97 Å². The van der Waals surface area contributed by atoms with E-state index in [1.807, 2.05) is 24.3 Å². The average molecular weight is 580 g/mol. The van der Waals surface area contributed by atoms with Gasteiger partial charge < -0.3 is 10.0 Å². The maximum absolute atomic E-state index is 12.6. The second kappa shape index (κ2) is 13.4. The molecule has 1 N–H and O–H groups in total. The summed E-state index contributed by atoms with van der Waals surface area (Å²) in [6.07, 6.45) is 7.86. The molecule has 43 heavy (non-hydrogen) atoms. The predicted molar refractivity (Wildman–Crippen MR) is 169 cm³/mol. The molecule has 0 bridgehead atoms. The molecule has 0 radical (unpaired) electrons. The number of nitrogens with zero attached hydrogens (tertiary/aromatic N) is 5. The number of carboxylic acids is 1. The monoisotopic (exact) mass is 579 g/mol. The predicted octanol–water partition coefficient (Wildman–Crippen LogP) is 6.37. The van der Waals surface area contributed by atoms with Crippen molar-refractivity contribution in [3.63, 3.8) is 0 Å². The van der Waals surface area contributed by atoms with E-state index in [4.69, 9.17) is 10.4 Å². The Bertz CT molecular complexity index is 1400. The molecule has 0 spiro atoms. The molecule has 3 fully saturated rings. The Balaban J connectivity index is 1.14. The van der Waals surface area contributed by atoms with Crippen molar-refractivity contribution in [2.24, 2.45) is 11.8 Å². The number of nitriles is 1. The topological polar surface area (TPSA) is 85.4 Å². The molecular formula is C36H45N5O2. The Morgan fingerprint density at radius 1 is 1.00 bits per heavy atom. The number of aromatic nitrogens is 2. The molecule has 2 aliphatic heterocycles. The minimum absolute atomic E-state index is 0.273. The Hall–Kier alpha value is -3.47. The molecule has 1 unspecified atom stereocenters. The van der Waals surface area contributed by atoms with Crippen molar-refractivity contribution < 1.29 is 9.90 Å². The Kier molecular flexibility index (Phi) is 9.25. The number of carbonyl (C=O) groups is 1. The second-order valence-electron chi connectivity index (χ2n) is 12.9. The normalized spacial score (nSPS) is 23.3. The fraction of sp³-hybridized carbons (Fsp3) is 0.528. The van der Waals surface area contributed by atoms with Crippen molar-refractivity contribution in [2.75, 3.05) is 32.7 Å². The summed E-state index contributed by atoms with van der Waals surface area (Å²) < 4.78 is 2.16. The largest absolute Gasteiger partial charge is 0.480 e. The third-order valence-electron chi connectivity index (χ3n) is 10.4. The first-order valence-corrected chi connectivity index (χ1v) is 16.4. The number of rotatable bonds is 9. The van der Waals surface area contributed by atoms with Gasteiger partial charge in [0.25, 0.3) is 0 Å². The van der Waals surface area contributed by atoms with E-state index in [1.165, 1.54) is 17.7 Å². The van der Waals surface area contributed by atoms with E-state index in [2.05, 4.69) is 63.9 Å². The highest BCUT2D eigenvalue weighted by Gasteiger charge is 2.43. The fourth-order valence-corrected chi connectivity index (χ4v) is 8.11. The van der Waals surface area contributed by atoms with Crippen LogP contribution in [0.2, 0.25) is 0 Å². The second-order valence-corrected chi connectivity index (χ2v) is 12.9. The van der Waals surface area contributed by atoms with Crippen LogP contribution < -0.4 is 0 Å². The molecule has 0 amide bonds. The number of hydrogen-bond acceptors (Lipinski definition) is 5. The van der Waals surface area contributed by atoms with E-state index in [0.717, 1.165) is 89.1 Å². The third kappa shape index (κ3) is 6.56. The van der Waals surface area contributed by atoms with E-state index in [1.54, 1.807) is 0 Å². The van der Waals surface area contributed by atoms with Crippen LogP contribution in [0.4, 0.5) is 0 Å². The van der Waals surface area contributed by atoms with Crippen molar-refractivity contribution in [3.05, 3.63) is 77.5 Å². The zero-order chi connectivity index (χ0) is 29.8. The van der Waals surface area contributed by atoms with Gasteiger partial charge >= 0.3 is 5.97 Å². The molecule has 6 rings (SSSR count). The lowest BCUT2D eigenvalue weighted by Gasteiger charge is -2.35. The first-order valence-electron chi connectivity index (χ1n) is 16.4. The zero-order valence-corrected chi connectivity index (χ0v) is 25.4. The van der Waals surface area contributed by atoms with Gasteiger partial charge in [0.1, 0.15) is 6.04 Å². The Labute approximate surface area is 256 Å². The summed E-state index contributed by atoms with van der Waals surface area (Å²) in [5, 5.41) is 24.4. The molecular weight excluding hydrogens is 534 g/mol. The minimum Gasteiger partial charge on any atom is -0.480 e. The van der Waals surface area contributed by atoms with Crippen LogP contribution in [0.3, 0.4) is 0 Å². The highest BCUT2D eigenvalue weighted by Crippen LogP contribution is 2.39. The van der Waals surface area contributed by atoms with Gasteiger partial charge in [-0.3, -0.25) is 14.4 Å². The van der Waals surface area contributed by atoms with Gasteiger partial charge in [-0.2, -0.15) is 10.4 Å². The zero-order valence-electron chi connectivity index (χ0n) is 25.4. The van der Waals surface area contributed by atoms with Crippen LogP contribution in [-0.2, 0) is 11.3 Å². The van der Waals surface area contributed by atoms with Crippen LogP contribution in [-0.4, -0.2) is 69.4 Å². The fourth-order valence-electron chi connectivity index (χ4n) is 8.11. The summed E-state index contributed by atoms with van der Waals surface area (Å²) in [4.78, 5) is 17.6. The van der Waals surface area contributed by atoms with Crippen LogP contribution >= 0.6 is 0 Å². The summed E-state index contributed by atoms with van der Waals surface area (Å²) >= 11 is 0. The van der Waals surface area contributed by atoms with Gasteiger partial charge in [0, 0.05) is 49.3 Å². The molecule has 3 aliphatic rings. The quantitative estimate of drug-likeness (QED) is 0.317. The van der Waals surface area contributed by atoms with Gasteiger partial charge in [0.2, 0.25) is 0 Å². The van der Waals surface area contributed by atoms with Gasteiger partial charge in [0.05, 0.1) is 17.3 Å². The van der Waals surface area contributed by atoms with Crippen molar-refractivity contribution in [3.8, 4) is 17.3 Å². The molecule has 1 saturated carbocycles. The van der Waals surface area contributed by atoms with Gasteiger partial charge in [-0.15, -0.1) is 0 Å². The molecule has 2 aromatic carbocycles. The van der Waals surface area contributed by atoms with E-state index in [0.29, 0.717) is 23.3 Å². The van der Waals surface area contributed by atoms with Crippen LogP contribution in [0, 0.1) is 23.2 Å². The average Bonchev–Trinajstić information content (AvgIpc) is 3.67. The third-order valence-corrected chi connectivity index (χ3v) is 10.4. The first kappa shape index (κ1) is 29.6. The number of piperidine rings is 1. The highest BCUT2D eigenvalue weighted by atomic mass is 16.4. The molecule has 7 nitrogen and oxygen atoms in total. The summed E-state index contributed by atoms with van der Waals surface area (Å²) in [7, 11) is 0. The molecule has 1 aromatic heterocycles. The first-order chi connectivity index (χ1) is 21.0. The minimum atomic E-state index is -0.631. The summed E-state index contributed by atoms with van der Waals surface area (Å²) in [5.74, 6) is 0.903. The van der Waals surface area contributed by atoms with Crippen LogP contribution in [0.25, 0.3) is 11.3 Å². The van der Waals surface area contributed by atoms with E-state index >= 15 is 0 Å². The molecule has 226 valence electrons. The van der Waals surface area contributed by atoms with Crippen LogP contribution in [0.5, 0.6) is 0 Å². The van der Waals surface area contributed by atoms with Gasteiger partial charge in [-0.05, 0) is 81.3 Å². The number of likely N-dealkylation sites (tertiary alicyclic amines) is 2. The summed E-state index contributed by atoms with van der Waals surface area (Å²) in [5.41, 5.74) is 5.35. The molecule has 3 atom stereocenters. The number of aliphatic carboxylic acids is 1. The number of aryl methyl sites for hydroxylation is 1. The highest BCUT2D eigenvalue weighted by molar-refractivity contribution is 5.74. The van der Waals surface area contributed by atoms with Crippen LogP contribution in [0.15, 0.2) is 60.7 Å². The lowest BCUT2D eigenvalue weighted by molar-refractivity contribution is -0.145. The smallest absolute Gasteiger partial charge is 0.321 e. The van der Waals surface area contributed by atoms with Crippen LogP contribution in [0.1, 0.15) is 80.5 Å². The van der Waals surface area contributed by atoms with Gasteiger partial charge in [-0.25, -0.2) is 0 Å². The summed E-state index contributed by atoms with van der Waals surface area (Å²) in [6, 6.07) is 22.6. The maximum Gasteiger partial charge on any atom is 0.321 e.